The predicted molar refractivity (Wildman–Crippen MR) is 35.6 cm³/mol. The molecule has 0 nitrogen and oxygen atoms in total. The minimum atomic E-state index is 0. The van der Waals surface area contributed by atoms with Crippen molar-refractivity contribution in [1.29, 1.82) is 0 Å². The summed E-state index contributed by atoms with van der Waals surface area (Å²) in [5.74, 6) is 0. The second-order valence-electron chi connectivity index (χ2n) is 1.99. The molecule has 0 spiro atoms. The molecule has 0 aliphatic heterocycles. The molecule has 0 fully saturated rings. The zero-order chi connectivity index (χ0) is 5.98. The first kappa shape index (κ1) is 9.14. The molecule has 0 N–H and O–H groups in total. The summed E-state index contributed by atoms with van der Waals surface area (Å²) in [5, 5.41) is 0. The summed E-state index contributed by atoms with van der Waals surface area (Å²) in [6.45, 7) is 5.83. The monoisotopic (exact) mass is 343 g/mol. The zero-order valence-corrected chi connectivity index (χ0v) is 9.68. The Kier molecular flexibility index (Phi) is 4.10. The zero-order valence-electron chi connectivity index (χ0n) is 5.52. The van der Waals surface area contributed by atoms with Crippen LogP contribution in [0.1, 0.15) is 11.1 Å². The summed E-state index contributed by atoms with van der Waals surface area (Å²) in [7, 11) is 0. The minimum Gasteiger partial charge on any atom is -0.199 e. The number of hydrogen-bond acceptors (Lipinski definition) is 0. The molecule has 0 bridgehead atoms. The fourth-order valence-electron chi connectivity index (χ4n) is 0.588. The van der Waals surface area contributed by atoms with Gasteiger partial charge in [-0.2, -0.15) is 24.6 Å². The smallest absolute Gasteiger partial charge is 0 e. The fourth-order valence-corrected chi connectivity index (χ4v) is 0.588. The Morgan fingerprint density at radius 3 is 1.89 bits per heavy atom. The third kappa shape index (κ3) is 2.99. The van der Waals surface area contributed by atoms with E-state index in [4.69, 9.17) is 0 Å². The molecule has 0 atom stereocenters. The van der Waals surface area contributed by atoms with Crippen LogP contribution in [0.15, 0.2) is 24.3 Å². The maximum absolute atomic E-state index is 3.76. The molecule has 0 aromatic heterocycles. The van der Waals surface area contributed by atoms with Gasteiger partial charge in [-0.05, 0) is 6.92 Å². The molecule has 1 heteroatoms. The topological polar surface area (TPSA) is 0 Å². The largest absolute Gasteiger partial charge is 0.199 e. The Morgan fingerprint density at radius 2 is 1.56 bits per heavy atom. The maximum atomic E-state index is 3.76. The van der Waals surface area contributed by atoms with Crippen LogP contribution in [0.2, 0.25) is 0 Å². The van der Waals surface area contributed by atoms with Crippen LogP contribution in [-0.2, 0) is 0 Å². The molecule has 1 rings (SSSR count). The van der Waals surface area contributed by atoms with Gasteiger partial charge in [0, 0.05) is 31.1 Å². The summed E-state index contributed by atoms with van der Waals surface area (Å²) < 4.78 is 0. The molecule has 0 aliphatic rings. The molecule has 1 aromatic carbocycles. The van der Waals surface area contributed by atoms with Gasteiger partial charge in [0.05, 0.1) is 0 Å². The quantitative estimate of drug-likeness (QED) is 0.634. The second kappa shape index (κ2) is 4.04. The Balaban J connectivity index is 0.000000640. The predicted octanol–water partition coefficient (Wildman–Crippen LogP) is 2.18. The van der Waals surface area contributed by atoms with E-state index in [1.165, 1.54) is 5.56 Å². The fraction of sp³-hybridized carbons (Fsp3) is 0.125. The van der Waals surface area contributed by atoms with Gasteiger partial charge in [0.1, 0.15) is 0 Å². The summed E-state index contributed by atoms with van der Waals surface area (Å²) in [6.07, 6.45) is 0. The molecule has 0 saturated heterocycles. The summed E-state index contributed by atoms with van der Waals surface area (Å²) in [6, 6.07) is 8.13. The average Bonchev–Trinajstić information content (AvgIpc) is 1.77. The summed E-state index contributed by atoms with van der Waals surface area (Å²) >= 11 is 0. The van der Waals surface area contributed by atoms with Crippen molar-refractivity contribution in [1.82, 2.24) is 0 Å². The van der Waals surface area contributed by atoms with Crippen LogP contribution < -0.4 is 0 Å². The number of hydrogen-bond donors (Lipinski definition) is 0. The summed E-state index contributed by atoms with van der Waals surface area (Å²) in [4.78, 5) is 0. The van der Waals surface area contributed by atoms with Crippen LogP contribution in [0, 0.1) is 45.0 Å². The summed E-state index contributed by atoms with van der Waals surface area (Å²) in [5.41, 5.74) is 2.37. The van der Waals surface area contributed by atoms with E-state index in [0.717, 1.165) is 5.56 Å². The average molecular weight is 343 g/mol. The van der Waals surface area contributed by atoms with Crippen molar-refractivity contribution in [3.63, 3.8) is 0 Å². The first-order valence-corrected chi connectivity index (χ1v) is 2.67. The molecule has 0 aliphatic carbocycles. The van der Waals surface area contributed by atoms with Crippen molar-refractivity contribution >= 4 is 0 Å². The molecule has 0 amide bonds. The van der Waals surface area contributed by atoms with Gasteiger partial charge in [-0.15, -0.1) is 12.1 Å². The van der Waals surface area contributed by atoms with E-state index >= 15 is 0 Å². The van der Waals surface area contributed by atoms with Crippen molar-refractivity contribution < 1.29 is 31.1 Å². The normalized spacial score (nSPS) is 8.11. The Hall–Kier alpha value is 0.142. The molecular weight excluding hydrogens is 334 g/mol. The van der Waals surface area contributed by atoms with Crippen LogP contribution >= 0.6 is 0 Å². The third-order valence-electron chi connectivity index (χ3n) is 1.12. The molecule has 0 heterocycles. The molecule has 0 saturated carbocycles. The Morgan fingerprint density at radius 1 is 1.11 bits per heavy atom. The van der Waals surface area contributed by atoms with Gasteiger partial charge in [0.2, 0.25) is 0 Å². The van der Waals surface area contributed by atoms with Crippen LogP contribution in [-0.4, -0.2) is 0 Å². The van der Waals surface area contributed by atoms with E-state index in [1.54, 1.807) is 0 Å². The first-order chi connectivity index (χ1) is 3.79. The van der Waals surface area contributed by atoms with Crippen molar-refractivity contribution in [2.24, 2.45) is 0 Å². The molecule has 1 aromatic rings. The van der Waals surface area contributed by atoms with Crippen molar-refractivity contribution in [2.45, 2.75) is 6.92 Å². The molecule has 0 radical (unpaired) electrons. The van der Waals surface area contributed by atoms with Crippen molar-refractivity contribution in [3.05, 3.63) is 42.3 Å². The standard InChI is InChI=1S/C8H9.U/c1-7-3-5-8(2)6-4-7;/h3-6H,1H2,2H3;/q-1;. The Labute approximate surface area is 80.0 Å². The van der Waals surface area contributed by atoms with Crippen LogP contribution in [0.25, 0.3) is 0 Å². The van der Waals surface area contributed by atoms with Crippen LogP contribution in [0.5, 0.6) is 0 Å². The van der Waals surface area contributed by atoms with Gasteiger partial charge < -0.3 is 0 Å². The number of benzene rings is 1. The second-order valence-corrected chi connectivity index (χ2v) is 1.99. The van der Waals surface area contributed by atoms with Gasteiger partial charge in [-0.3, -0.25) is 0 Å². The van der Waals surface area contributed by atoms with Crippen molar-refractivity contribution in [3.8, 4) is 0 Å². The van der Waals surface area contributed by atoms with Crippen LogP contribution in [0.4, 0.5) is 0 Å². The molecule has 46 valence electrons. The molecule has 0 unspecified atom stereocenters. The van der Waals surface area contributed by atoms with E-state index in [-0.39, 0.29) is 31.1 Å². The molecular formula is C8H9U-. The first-order valence-electron chi connectivity index (χ1n) is 2.67. The van der Waals surface area contributed by atoms with E-state index < -0.39 is 0 Å². The minimum absolute atomic E-state index is 0. The number of rotatable bonds is 0. The van der Waals surface area contributed by atoms with Gasteiger partial charge >= 0.3 is 0 Å². The number of aryl methyl sites for hydroxylation is 1. The van der Waals surface area contributed by atoms with E-state index in [2.05, 4.69) is 26.0 Å². The Bertz CT molecular complexity index is 143. The van der Waals surface area contributed by atoms with Crippen molar-refractivity contribution in [2.75, 3.05) is 0 Å². The van der Waals surface area contributed by atoms with Crippen LogP contribution in [0.3, 0.4) is 0 Å². The van der Waals surface area contributed by atoms with Gasteiger partial charge in [-0.1, -0.05) is 5.56 Å². The van der Waals surface area contributed by atoms with Gasteiger partial charge in [0.15, 0.2) is 0 Å². The van der Waals surface area contributed by atoms with Gasteiger partial charge in [-0.25, -0.2) is 0 Å². The SMILES string of the molecule is [CH2-]c1ccc(C)cc1.[U]. The van der Waals surface area contributed by atoms with E-state index in [9.17, 15) is 0 Å². The third-order valence-corrected chi connectivity index (χ3v) is 1.12. The molecule has 9 heavy (non-hydrogen) atoms. The van der Waals surface area contributed by atoms with E-state index in [0.29, 0.717) is 0 Å². The maximum Gasteiger partial charge on any atom is 0 e. The van der Waals surface area contributed by atoms with E-state index in [1.807, 2.05) is 12.1 Å². The van der Waals surface area contributed by atoms with Gasteiger partial charge in [0.25, 0.3) is 0 Å².